The number of amides is 1. The SMILES string of the molecule is CC1(C(=O)O)CCN(C(=O)C2CC2c2ccc(Br)cc2)C1. The van der Waals surface area contributed by atoms with E-state index in [0.717, 1.165) is 10.9 Å². The lowest BCUT2D eigenvalue weighted by atomic mass is 9.90. The third-order valence-corrected chi connectivity index (χ3v) is 5.24. The quantitative estimate of drug-likeness (QED) is 0.910. The molecule has 1 aromatic carbocycles. The first-order chi connectivity index (χ1) is 9.90. The molecule has 1 aromatic rings. The molecule has 1 aliphatic heterocycles. The number of halogens is 1. The van der Waals surface area contributed by atoms with E-state index in [1.54, 1.807) is 11.8 Å². The van der Waals surface area contributed by atoms with Crippen LogP contribution < -0.4 is 0 Å². The Morgan fingerprint density at radius 1 is 1.33 bits per heavy atom. The standard InChI is InChI=1S/C16H18BrNO3/c1-16(15(20)21)6-7-18(9-16)14(19)13-8-12(13)10-2-4-11(17)5-3-10/h2-5,12-13H,6-9H2,1H3,(H,20,21). The molecule has 3 atom stereocenters. The fourth-order valence-corrected chi connectivity index (χ4v) is 3.37. The number of hydrogen-bond donors (Lipinski definition) is 1. The summed E-state index contributed by atoms with van der Waals surface area (Å²) >= 11 is 3.41. The second-order valence-corrected chi connectivity index (χ2v) is 7.29. The third-order valence-electron chi connectivity index (χ3n) is 4.71. The van der Waals surface area contributed by atoms with Crippen LogP contribution >= 0.6 is 15.9 Å². The number of likely N-dealkylation sites (tertiary alicyclic amines) is 1. The largest absolute Gasteiger partial charge is 0.481 e. The minimum Gasteiger partial charge on any atom is -0.481 e. The summed E-state index contributed by atoms with van der Waals surface area (Å²) in [4.78, 5) is 25.5. The van der Waals surface area contributed by atoms with Crippen molar-refractivity contribution in [3.63, 3.8) is 0 Å². The summed E-state index contributed by atoms with van der Waals surface area (Å²) < 4.78 is 1.03. The summed E-state index contributed by atoms with van der Waals surface area (Å²) in [5, 5.41) is 9.24. The highest BCUT2D eigenvalue weighted by Gasteiger charge is 2.49. The Bertz CT molecular complexity index is 586. The molecule has 0 aromatic heterocycles. The van der Waals surface area contributed by atoms with Crippen LogP contribution in [-0.2, 0) is 9.59 Å². The molecule has 4 nitrogen and oxygen atoms in total. The van der Waals surface area contributed by atoms with Crippen LogP contribution in [0, 0.1) is 11.3 Å². The molecule has 1 saturated heterocycles. The van der Waals surface area contributed by atoms with Crippen molar-refractivity contribution in [3.8, 4) is 0 Å². The zero-order valence-corrected chi connectivity index (χ0v) is 13.5. The summed E-state index contributed by atoms with van der Waals surface area (Å²) in [5.41, 5.74) is 0.411. The Balaban J connectivity index is 1.64. The maximum atomic E-state index is 12.5. The molecule has 1 aliphatic carbocycles. The smallest absolute Gasteiger partial charge is 0.311 e. The molecule has 1 heterocycles. The topological polar surface area (TPSA) is 57.6 Å². The van der Waals surface area contributed by atoms with Crippen molar-refractivity contribution in [2.45, 2.75) is 25.7 Å². The molecule has 0 bridgehead atoms. The van der Waals surface area contributed by atoms with Crippen molar-refractivity contribution in [3.05, 3.63) is 34.3 Å². The Kier molecular flexibility index (Phi) is 3.56. The fourth-order valence-electron chi connectivity index (χ4n) is 3.10. The number of carbonyl (C=O) groups excluding carboxylic acids is 1. The Labute approximate surface area is 132 Å². The van der Waals surface area contributed by atoms with Gasteiger partial charge in [-0.1, -0.05) is 28.1 Å². The third kappa shape index (κ3) is 2.71. The maximum Gasteiger partial charge on any atom is 0.311 e. The van der Waals surface area contributed by atoms with Gasteiger partial charge in [0.25, 0.3) is 0 Å². The van der Waals surface area contributed by atoms with Crippen LogP contribution in [0.4, 0.5) is 0 Å². The van der Waals surface area contributed by atoms with Gasteiger partial charge in [-0.25, -0.2) is 0 Å². The summed E-state index contributed by atoms with van der Waals surface area (Å²) in [6.07, 6.45) is 1.42. The van der Waals surface area contributed by atoms with Gasteiger partial charge in [0.15, 0.2) is 0 Å². The van der Waals surface area contributed by atoms with Gasteiger partial charge in [0.2, 0.25) is 5.91 Å². The van der Waals surface area contributed by atoms with E-state index in [-0.39, 0.29) is 11.8 Å². The minimum atomic E-state index is -0.807. The highest BCUT2D eigenvalue weighted by molar-refractivity contribution is 9.10. The Morgan fingerprint density at radius 2 is 2.00 bits per heavy atom. The number of nitrogens with zero attached hydrogens (tertiary/aromatic N) is 1. The molecule has 5 heteroatoms. The van der Waals surface area contributed by atoms with Crippen LogP contribution in [0.2, 0.25) is 0 Å². The molecule has 21 heavy (non-hydrogen) atoms. The predicted octanol–water partition coefficient (Wildman–Crippen LogP) is 2.88. The monoisotopic (exact) mass is 351 g/mol. The van der Waals surface area contributed by atoms with Crippen LogP contribution in [0.1, 0.15) is 31.2 Å². The number of benzene rings is 1. The molecular weight excluding hydrogens is 334 g/mol. The summed E-state index contributed by atoms with van der Waals surface area (Å²) in [5.74, 6) is -0.365. The fraction of sp³-hybridized carbons (Fsp3) is 0.500. The molecule has 2 aliphatic rings. The van der Waals surface area contributed by atoms with E-state index in [1.807, 2.05) is 24.3 Å². The zero-order chi connectivity index (χ0) is 15.2. The lowest BCUT2D eigenvalue weighted by molar-refractivity contribution is -0.147. The first-order valence-electron chi connectivity index (χ1n) is 7.18. The summed E-state index contributed by atoms with van der Waals surface area (Å²) in [6, 6.07) is 8.08. The average molecular weight is 352 g/mol. The van der Waals surface area contributed by atoms with Gasteiger partial charge in [0.05, 0.1) is 5.41 Å². The van der Waals surface area contributed by atoms with Crippen LogP contribution in [0.3, 0.4) is 0 Å². The highest BCUT2D eigenvalue weighted by Crippen LogP contribution is 2.49. The zero-order valence-electron chi connectivity index (χ0n) is 11.9. The van der Waals surface area contributed by atoms with E-state index >= 15 is 0 Å². The van der Waals surface area contributed by atoms with E-state index < -0.39 is 11.4 Å². The van der Waals surface area contributed by atoms with Gasteiger partial charge in [0, 0.05) is 23.5 Å². The molecular formula is C16H18BrNO3. The number of carboxylic acid groups (broad SMARTS) is 1. The van der Waals surface area contributed by atoms with Crippen LogP contribution in [0.15, 0.2) is 28.7 Å². The number of carboxylic acids is 1. The van der Waals surface area contributed by atoms with Crippen molar-refractivity contribution in [2.24, 2.45) is 11.3 Å². The van der Waals surface area contributed by atoms with Crippen LogP contribution in [0.5, 0.6) is 0 Å². The van der Waals surface area contributed by atoms with E-state index in [0.29, 0.717) is 25.4 Å². The molecule has 1 N–H and O–H groups in total. The van der Waals surface area contributed by atoms with Gasteiger partial charge in [-0.05, 0) is 43.4 Å². The summed E-state index contributed by atoms with van der Waals surface area (Å²) in [7, 11) is 0. The van der Waals surface area contributed by atoms with Crippen molar-refractivity contribution in [1.82, 2.24) is 4.90 Å². The van der Waals surface area contributed by atoms with E-state index in [9.17, 15) is 14.7 Å². The lowest BCUT2D eigenvalue weighted by Crippen LogP contribution is -2.35. The Morgan fingerprint density at radius 3 is 2.57 bits per heavy atom. The van der Waals surface area contributed by atoms with Crippen molar-refractivity contribution >= 4 is 27.8 Å². The minimum absolute atomic E-state index is 0.0299. The van der Waals surface area contributed by atoms with Gasteiger partial charge in [-0.15, -0.1) is 0 Å². The number of aliphatic carboxylic acids is 1. The maximum absolute atomic E-state index is 12.5. The second-order valence-electron chi connectivity index (χ2n) is 6.38. The molecule has 3 rings (SSSR count). The van der Waals surface area contributed by atoms with Gasteiger partial charge >= 0.3 is 5.97 Å². The highest BCUT2D eigenvalue weighted by atomic mass is 79.9. The van der Waals surface area contributed by atoms with Gasteiger partial charge in [-0.2, -0.15) is 0 Å². The molecule has 0 radical (unpaired) electrons. The van der Waals surface area contributed by atoms with Crippen molar-refractivity contribution < 1.29 is 14.7 Å². The average Bonchev–Trinajstić information content (AvgIpc) is 3.14. The molecule has 1 amide bonds. The first kappa shape index (κ1) is 14.6. The van der Waals surface area contributed by atoms with Gasteiger partial charge in [0.1, 0.15) is 0 Å². The number of rotatable bonds is 3. The van der Waals surface area contributed by atoms with Crippen LogP contribution in [-0.4, -0.2) is 35.0 Å². The number of carbonyl (C=O) groups is 2. The van der Waals surface area contributed by atoms with Gasteiger partial charge < -0.3 is 10.0 Å². The molecule has 2 fully saturated rings. The molecule has 0 spiro atoms. The summed E-state index contributed by atoms with van der Waals surface area (Å²) in [6.45, 7) is 2.62. The van der Waals surface area contributed by atoms with E-state index in [4.69, 9.17) is 0 Å². The predicted molar refractivity (Wildman–Crippen MR) is 81.9 cm³/mol. The van der Waals surface area contributed by atoms with Crippen LogP contribution in [0.25, 0.3) is 0 Å². The van der Waals surface area contributed by atoms with Crippen molar-refractivity contribution in [2.75, 3.05) is 13.1 Å². The van der Waals surface area contributed by atoms with Gasteiger partial charge in [-0.3, -0.25) is 9.59 Å². The lowest BCUT2D eigenvalue weighted by Gasteiger charge is -2.20. The molecule has 112 valence electrons. The molecule has 3 unspecified atom stereocenters. The Hall–Kier alpha value is -1.36. The van der Waals surface area contributed by atoms with E-state index in [1.165, 1.54) is 5.56 Å². The van der Waals surface area contributed by atoms with E-state index in [2.05, 4.69) is 15.9 Å². The van der Waals surface area contributed by atoms with Crippen molar-refractivity contribution in [1.29, 1.82) is 0 Å². The second kappa shape index (κ2) is 5.13. The number of hydrogen-bond acceptors (Lipinski definition) is 2. The first-order valence-corrected chi connectivity index (χ1v) is 7.98. The molecule has 1 saturated carbocycles. The normalized spacial score (nSPS) is 31.2.